The highest BCUT2D eigenvalue weighted by Gasteiger charge is 2.39. The fraction of sp³-hybridized carbons (Fsp3) is 0.441. The highest BCUT2D eigenvalue weighted by molar-refractivity contribution is 9.10. The minimum Gasteiger partial charge on any atom is -0.383 e. The van der Waals surface area contributed by atoms with Gasteiger partial charge in [0.1, 0.15) is 0 Å². The first-order valence-electron chi connectivity index (χ1n) is 15.6. The largest absolute Gasteiger partial charge is 0.383 e. The summed E-state index contributed by atoms with van der Waals surface area (Å²) in [7, 11) is -2.12. The number of dihydropyridines is 1. The molecule has 2 unspecified atom stereocenters. The van der Waals surface area contributed by atoms with Crippen molar-refractivity contribution in [3.8, 4) is 6.07 Å². The van der Waals surface area contributed by atoms with Gasteiger partial charge in [0.2, 0.25) is 10.0 Å². The number of benzene rings is 2. The average molecular weight is 713 g/mol. The highest BCUT2D eigenvalue weighted by Crippen LogP contribution is 2.46. The fourth-order valence-electron chi connectivity index (χ4n) is 6.09. The van der Waals surface area contributed by atoms with Gasteiger partial charge in [-0.25, -0.2) is 8.42 Å². The number of carbonyl (C=O) groups is 2. The first-order chi connectivity index (χ1) is 22.0. The third kappa shape index (κ3) is 8.37. The second-order valence-corrected chi connectivity index (χ2v) is 14.4. The number of ether oxygens (including phenoxy) is 1. The van der Waals surface area contributed by atoms with Crippen molar-refractivity contribution < 1.29 is 22.7 Å². The zero-order valence-electron chi connectivity index (χ0n) is 26.8. The molecule has 0 aromatic heterocycles. The molecule has 46 heavy (non-hydrogen) atoms. The number of ketones is 1. The van der Waals surface area contributed by atoms with Crippen LogP contribution in [0.2, 0.25) is 0 Å². The summed E-state index contributed by atoms with van der Waals surface area (Å²) in [4.78, 5) is 26.0. The Morgan fingerprint density at radius 3 is 2.54 bits per heavy atom. The summed E-state index contributed by atoms with van der Waals surface area (Å²) < 4.78 is 34.4. The highest BCUT2D eigenvalue weighted by atomic mass is 79.9. The monoisotopic (exact) mass is 711 g/mol. The van der Waals surface area contributed by atoms with E-state index in [1.54, 1.807) is 32.2 Å². The van der Waals surface area contributed by atoms with Gasteiger partial charge in [-0.2, -0.15) is 5.26 Å². The molecule has 10 nitrogen and oxygen atoms in total. The maximum atomic E-state index is 13.6. The van der Waals surface area contributed by atoms with Crippen LogP contribution in [0.25, 0.3) is 0 Å². The minimum absolute atomic E-state index is 0.0136. The number of carbonyl (C=O) groups excluding carboxylic acids is 2. The SMILES string of the molecule is CCCC1CC(=O)C2=C(C1)NC(C)=C(C#N)C2c1cc(Br)c(NCc2ccc(C(=O)NCCOC)cc2)c(NS(=O)(=O)CCC)c1. The standard InChI is InChI=1S/C34H42BrN5O5S/c1-5-7-23-15-28-32(30(41)16-23)31(26(19-36)21(3)39-28)25-17-27(35)33(29(18-25)40-46(43,44)14-6-2)38-20-22-8-10-24(11-9-22)34(42)37-12-13-45-4/h8-11,17-18,23,31,38-40H,5-7,12-16,20H2,1-4H3,(H,37,42). The molecule has 2 aliphatic rings. The number of sulfonamides is 1. The molecule has 1 aliphatic heterocycles. The fourth-order valence-corrected chi connectivity index (χ4v) is 7.84. The summed E-state index contributed by atoms with van der Waals surface area (Å²) in [5.74, 6) is -0.630. The Morgan fingerprint density at radius 1 is 1.15 bits per heavy atom. The van der Waals surface area contributed by atoms with E-state index in [-0.39, 0.29) is 23.4 Å². The average Bonchev–Trinajstić information content (AvgIpc) is 3.00. The van der Waals surface area contributed by atoms with Gasteiger partial charge in [0.25, 0.3) is 5.91 Å². The molecular formula is C34H42BrN5O5S. The predicted octanol–water partition coefficient (Wildman–Crippen LogP) is 6.11. The molecule has 2 aromatic carbocycles. The first kappa shape index (κ1) is 35.2. The molecule has 12 heteroatoms. The van der Waals surface area contributed by atoms with Crippen molar-refractivity contribution in [2.24, 2.45) is 5.92 Å². The number of nitriles is 1. The first-order valence-corrected chi connectivity index (χ1v) is 18.0. The number of hydrogen-bond donors (Lipinski definition) is 4. The van der Waals surface area contributed by atoms with Crippen molar-refractivity contribution in [2.75, 3.05) is 36.1 Å². The van der Waals surface area contributed by atoms with Crippen molar-refractivity contribution in [2.45, 2.75) is 65.3 Å². The zero-order chi connectivity index (χ0) is 33.4. The quantitative estimate of drug-likeness (QED) is 0.172. The Bertz CT molecular complexity index is 1680. The number of anilines is 2. The van der Waals surface area contributed by atoms with Crippen molar-refractivity contribution in [3.05, 3.63) is 80.1 Å². The van der Waals surface area contributed by atoms with E-state index in [9.17, 15) is 23.3 Å². The van der Waals surface area contributed by atoms with Gasteiger partial charge in [0.15, 0.2) is 5.78 Å². The Morgan fingerprint density at radius 2 is 1.89 bits per heavy atom. The molecule has 4 N–H and O–H groups in total. The third-order valence-electron chi connectivity index (χ3n) is 8.19. The minimum atomic E-state index is -3.69. The van der Waals surface area contributed by atoms with Crippen molar-refractivity contribution >= 4 is 49.0 Å². The van der Waals surface area contributed by atoms with E-state index in [1.165, 1.54) is 0 Å². The number of allylic oxidation sites excluding steroid dienone is 4. The predicted molar refractivity (Wildman–Crippen MR) is 184 cm³/mol. The van der Waals surface area contributed by atoms with Gasteiger partial charge in [-0.05, 0) is 83.4 Å². The lowest BCUT2D eigenvalue weighted by Crippen LogP contribution is -2.34. The molecule has 1 aliphatic carbocycles. The van der Waals surface area contributed by atoms with E-state index in [0.29, 0.717) is 76.4 Å². The Balaban J connectivity index is 1.70. The maximum Gasteiger partial charge on any atom is 0.251 e. The number of halogens is 1. The molecule has 0 radical (unpaired) electrons. The molecule has 2 atom stereocenters. The van der Waals surface area contributed by atoms with Crippen LogP contribution in [0.5, 0.6) is 0 Å². The Labute approximate surface area is 280 Å². The Kier molecular flexibility index (Phi) is 12.1. The summed E-state index contributed by atoms with van der Waals surface area (Å²) in [5.41, 5.74) is 5.42. The lowest BCUT2D eigenvalue weighted by atomic mass is 9.72. The van der Waals surface area contributed by atoms with Crippen molar-refractivity contribution in [1.82, 2.24) is 10.6 Å². The number of rotatable bonds is 14. The van der Waals surface area contributed by atoms with Crippen LogP contribution in [0.4, 0.5) is 11.4 Å². The van der Waals surface area contributed by atoms with Crippen LogP contribution in [-0.4, -0.2) is 46.1 Å². The number of nitrogens with zero attached hydrogens (tertiary/aromatic N) is 1. The van der Waals surface area contributed by atoms with Crippen LogP contribution >= 0.6 is 15.9 Å². The van der Waals surface area contributed by atoms with E-state index in [0.717, 1.165) is 30.5 Å². The lowest BCUT2D eigenvalue weighted by molar-refractivity contribution is -0.117. The van der Waals surface area contributed by atoms with Gasteiger partial charge in [-0.3, -0.25) is 14.3 Å². The zero-order valence-corrected chi connectivity index (χ0v) is 29.2. The number of nitrogens with one attached hydrogen (secondary N) is 4. The van der Waals surface area contributed by atoms with Crippen LogP contribution in [0.1, 0.15) is 80.3 Å². The third-order valence-corrected chi connectivity index (χ3v) is 10.3. The topological polar surface area (TPSA) is 149 Å². The van der Waals surface area contributed by atoms with Crippen LogP contribution in [0.3, 0.4) is 0 Å². The molecule has 1 amide bonds. The number of hydrogen-bond acceptors (Lipinski definition) is 8. The molecule has 0 saturated carbocycles. The summed E-state index contributed by atoms with van der Waals surface area (Å²) in [5, 5.41) is 19.7. The van der Waals surface area contributed by atoms with E-state index in [2.05, 4.69) is 49.6 Å². The van der Waals surface area contributed by atoms with Gasteiger partial charge < -0.3 is 20.7 Å². The molecule has 0 fully saturated rings. The molecule has 246 valence electrons. The number of methoxy groups -OCH3 is 1. The lowest BCUT2D eigenvalue weighted by Gasteiger charge is -2.36. The molecule has 2 aromatic rings. The molecule has 1 heterocycles. The second-order valence-electron chi connectivity index (χ2n) is 11.7. The summed E-state index contributed by atoms with van der Waals surface area (Å²) >= 11 is 3.66. The van der Waals surface area contributed by atoms with Gasteiger partial charge >= 0.3 is 0 Å². The number of Topliss-reactive ketones (excluding diaryl/α,β-unsaturated/α-hetero) is 1. The molecule has 4 rings (SSSR count). The molecule has 0 saturated heterocycles. The van der Waals surface area contributed by atoms with E-state index in [4.69, 9.17) is 4.74 Å². The van der Waals surface area contributed by atoms with Crippen LogP contribution < -0.4 is 20.7 Å². The Hall–Kier alpha value is -3.66. The second kappa shape index (κ2) is 15.8. The van der Waals surface area contributed by atoms with E-state index >= 15 is 0 Å². The summed E-state index contributed by atoms with van der Waals surface area (Å²) in [6.45, 7) is 6.92. The van der Waals surface area contributed by atoms with Crippen LogP contribution in [0.15, 0.2) is 63.4 Å². The molecular weight excluding hydrogens is 670 g/mol. The maximum absolute atomic E-state index is 13.6. The summed E-state index contributed by atoms with van der Waals surface area (Å²) in [6.07, 6.45) is 3.52. The van der Waals surface area contributed by atoms with Crippen molar-refractivity contribution in [1.29, 1.82) is 5.26 Å². The molecule has 0 spiro atoms. The van der Waals surface area contributed by atoms with E-state index in [1.807, 2.05) is 25.1 Å². The van der Waals surface area contributed by atoms with Crippen LogP contribution in [-0.2, 0) is 26.1 Å². The normalized spacial score (nSPS) is 18.0. The van der Waals surface area contributed by atoms with Crippen LogP contribution in [0, 0.1) is 17.2 Å². The molecule has 0 bridgehead atoms. The van der Waals surface area contributed by atoms with Gasteiger partial charge in [-0.15, -0.1) is 0 Å². The van der Waals surface area contributed by atoms with E-state index < -0.39 is 15.9 Å². The summed E-state index contributed by atoms with van der Waals surface area (Å²) in [6, 6.07) is 13.0. The van der Waals surface area contributed by atoms with Crippen molar-refractivity contribution in [3.63, 3.8) is 0 Å². The van der Waals surface area contributed by atoms with Gasteiger partial charge in [-0.1, -0.05) is 32.4 Å². The van der Waals surface area contributed by atoms with Gasteiger partial charge in [0, 0.05) is 53.6 Å². The van der Waals surface area contributed by atoms with Gasteiger partial charge in [0.05, 0.1) is 41.3 Å². The number of amides is 1. The smallest absolute Gasteiger partial charge is 0.251 e.